The van der Waals surface area contributed by atoms with E-state index in [1.54, 1.807) is 0 Å². The SMILES string of the molecule is CCC(CC)CC(NN)C1(N(C)C)CCCCC1. The number of nitrogens with one attached hydrogen (secondary N) is 1. The Hall–Kier alpha value is -0.120. The molecule has 3 nitrogen and oxygen atoms in total. The largest absolute Gasteiger partial charge is 0.302 e. The van der Waals surface area contributed by atoms with E-state index in [9.17, 15) is 0 Å². The van der Waals surface area contributed by atoms with E-state index in [1.807, 2.05) is 0 Å². The quantitative estimate of drug-likeness (QED) is 0.543. The van der Waals surface area contributed by atoms with Crippen LogP contribution in [0.5, 0.6) is 0 Å². The summed E-state index contributed by atoms with van der Waals surface area (Å²) < 4.78 is 0. The minimum atomic E-state index is 0.273. The lowest BCUT2D eigenvalue weighted by molar-refractivity contribution is 0.0461. The summed E-state index contributed by atoms with van der Waals surface area (Å²) >= 11 is 0. The maximum Gasteiger partial charge on any atom is 0.0397 e. The Labute approximate surface area is 113 Å². The molecule has 1 unspecified atom stereocenters. The van der Waals surface area contributed by atoms with Crippen molar-refractivity contribution in [3.63, 3.8) is 0 Å². The van der Waals surface area contributed by atoms with E-state index < -0.39 is 0 Å². The summed E-state index contributed by atoms with van der Waals surface area (Å²) in [6.45, 7) is 4.59. The van der Waals surface area contributed by atoms with Gasteiger partial charge in [0.25, 0.3) is 0 Å². The standard InChI is InChI=1S/C15H33N3/c1-5-13(6-2)12-14(17-16)15(18(3)4)10-8-7-9-11-15/h13-14,17H,5-12,16H2,1-4H3. The fourth-order valence-electron chi connectivity index (χ4n) is 3.67. The maximum absolute atomic E-state index is 5.91. The van der Waals surface area contributed by atoms with E-state index in [0.717, 1.165) is 5.92 Å². The molecule has 0 aromatic heterocycles. The van der Waals surface area contributed by atoms with Gasteiger partial charge in [-0.15, -0.1) is 0 Å². The van der Waals surface area contributed by atoms with E-state index in [0.29, 0.717) is 6.04 Å². The third kappa shape index (κ3) is 3.46. The zero-order valence-corrected chi connectivity index (χ0v) is 12.8. The molecular formula is C15H33N3. The fraction of sp³-hybridized carbons (Fsp3) is 1.00. The molecule has 1 atom stereocenters. The highest BCUT2D eigenvalue weighted by atomic mass is 15.3. The van der Waals surface area contributed by atoms with Gasteiger partial charge in [-0.05, 0) is 39.3 Å². The Morgan fingerprint density at radius 1 is 1.11 bits per heavy atom. The van der Waals surface area contributed by atoms with Crippen LogP contribution in [0.25, 0.3) is 0 Å². The van der Waals surface area contributed by atoms with Crippen LogP contribution in [0.3, 0.4) is 0 Å². The van der Waals surface area contributed by atoms with Gasteiger partial charge in [-0.1, -0.05) is 46.0 Å². The van der Waals surface area contributed by atoms with Crippen molar-refractivity contribution < 1.29 is 0 Å². The van der Waals surface area contributed by atoms with Gasteiger partial charge in [-0.3, -0.25) is 11.3 Å². The zero-order valence-electron chi connectivity index (χ0n) is 12.8. The lowest BCUT2D eigenvalue weighted by atomic mass is 9.72. The van der Waals surface area contributed by atoms with E-state index in [2.05, 4.69) is 38.3 Å². The second-order valence-electron chi connectivity index (χ2n) is 6.20. The van der Waals surface area contributed by atoms with Gasteiger partial charge in [0.05, 0.1) is 0 Å². The summed E-state index contributed by atoms with van der Waals surface area (Å²) in [6.07, 6.45) is 10.4. The van der Waals surface area contributed by atoms with Crippen LogP contribution in [0.1, 0.15) is 65.2 Å². The summed E-state index contributed by atoms with van der Waals surface area (Å²) in [5.41, 5.74) is 3.42. The lowest BCUT2D eigenvalue weighted by Gasteiger charge is -2.49. The van der Waals surface area contributed by atoms with Crippen LogP contribution in [0.15, 0.2) is 0 Å². The molecule has 0 aromatic carbocycles. The topological polar surface area (TPSA) is 41.3 Å². The van der Waals surface area contributed by atoms with Crippen LogP contribution in [-0.4, -0.2) is 30.6 Å². The smallest absolute Gasteiger partial charge is 0.0397 e. The van der Waals surface area contributed by atoms with Gasteiger partial charge in [0.15, 0.2) is 0 Å². The van der Waals surface area contributed by atoms with E-state index in [4.69, 9.17) is 5.84 Å². The second-order valence-corrected chi connectivity index (χ2v) is 6.20. The molecule has 1 rings (SSSR count). The summed E-state index contributed by atoms with van der Waals surface area (Å²) in [6, 6.07) is 0.428. The Bertz CT molecular complexity index is 218. The molecule has 108 valence electrons. The first-order valence-electron chi connectivity index (χ1n) is 7.74. The minimum Gasteiger partial charge on any atom is -0.302 e. The van der Waals surface area contributed by atoms with Crippen LogP contribution < -0.4 is 11.3 Å². The predicted molar refractivity (Wildman–Crippen MR) is 79.3 cm³/mol. The first-order chi connectivity index (χ1) is 8.60. The Kier molecular flexibility index (Phi) is 6.61. The highest BCUT2D eigenvalue weighted by Crippen LogP contribution is 2.37. The fourth-order valence-corrected chi connectivity index (χ4v) is 3.67. The Balaban J connectivity index is 2.80. The van der Waals surface area contributed by atoms with Gasteiger partial charge in [0, 0.05) is 11.6 Å². The molecule has 0 bridgehead atoms. The summed E-state index contributed by atoms with van der Waals surface area (Å²) in [4.78, 5) is 2.43. The van der Waals surface area contributed by atoms with Gasteiger partial charge in [0.2, 0.25) is 0 Å². The lowest BCUT2D eigenvalue weighted by Crippen LogP contribution is -2.62. The number of likely N-dealkylation sites (N-methyl/N-ethyl adjacent to an activating group) is 1. The summed E-state index contributed by atoms with van der Waals surface area (Å²) in [5, 5.41) is 0. The number of hydrogen-bond donors (Lipinski definition) is 2. The molecule has 1 saturated carbocycles. The van der Waals surface area contributed by atoms with Crippen molar-refractivity contribution in [1.82, 2.24) is 10.3 Å². The molecule has 0 aliphatic heterocycles. The molecule has 3 N–H and O–H groups in total. The van der Waals surface area contributed by atoms with Crippen molar-refractivity contribution in [1.29, 1.82) is 0 Å². The first kappa shape index (κ1) is 15.9. The van der Waals surface area contributed by atoms with E-state index in [1.165, 1.54) is 51.4 Å². The molecule has 1 aliphatic carbocycles. The van der Waals surface area contributed by atoms with Crippen LogP contribution in [-0.2, 0) is 0 Å². The Morgan fingerprint density at radius 3 is 2.06 bits per heavy atom. The Morgan fingerprint density at radius 2 is 1.67 bits per heavy atom. The molecule has 1 aliphatic rings. The highest BCUT2D eigenvalue weighted by molar-refractivity contribution is 5.00. The van der Waals surface area contributed by atoms with Crippen molar-refractivity contribution in [2.75, 3.05) is 14.1 Å². The van der Waals surface area contributed by atoms with Crippen molar-refractivity contribution >= 4 is 0 Å². The summed E-state index contributed by atoms with van der Waals surface area (Å²) in [7, 11) is 4.45. The van der Waals surface area contributed by atoms with Crippen molar-refractivity contribution in [2.24, 2.45) is 11.8 Å². The third-order valence-electron chi connectivity index (χ3n) is 5.18. The van der Waals surface area contributed by atoms with Crippen molar-refractivity contribution in [3.05, 3.63) is 0 Å². The molecule has 0 radical (unpaired) electrons. The average Bonchev–Trinajstić information content (AvgIpc) is 2.41. The molecular weight excluding hydrogens is 222 g/mol. The monoisotopic (exact) mass is 255 g/mol. The van der Waals surface area contributed by atoms with Crippen molar-refractivity contribution in [3.8, 4) is 0 Å². The van der Waals surface area contributed by atoms with Crippen molar-refractivity contribution in [2.45, 2.75) is 76.8 Å². The molecule has 1 fully saturated rings. The van der Waals surface area contributed by atoms with Crippen LogP contribution in [0, 0.1) is 5.92 Å². The third-order valence-corrected chi connectivity index (χ3v) is 5.18. The molecule has 3 heteroatoms. The maximum atomic E-state index is 5.91. The molecule has 0 aromatic rings. The first-order valence-corrected chi connectivity index (χ1v) is 7.74. The van der Waals surface area contributed by atoms with Gasteiger partial charge in [-0.25, -0.2) is 0 Å². The molecule has 18 heavy (non-hydrogen) atoms. The molecule has 0 spiro atoms. The van der Waals surface area contributed by atoms with E-state index >= 15 is 0 Å². The number of hydrazine groups is 1. The van der Waals surface area contributed by atoms with Gasteiger partial charge < -0.3 is 4.90 Å². The van der Waals surface area contributed by atoms with E-state index in [-0.39, 0.29) is 5.54 Å². The molecule has 0 amide bonds. The van der Waals surface area contributed by atoms with Crippen LogP contribution >= 0.6 is 0 Å². The number of nitrogens with two attached hydrogens (primary N) is 1. The second kappa shape index (κ2) is 7.46. The molecule has 0 saturated heterocycles. The average molecular weight is 255 g/mol. The van der Waals surface area contributed by atoms with Crippen LogP contribution in [0.4, 0.5) is 0 Å². The molecule has 0 heterocycles. The number of hydrogen-bond acceptors (Lipinski definition) is 3. The minimum absolute atomic E-state index is 0.273. The number of rotatable bonds is 7. The van der Waals surface area contributed by atoms with Crippen LogP contribution in [0.2, 0.25) is 0 Å². The van der Waals surface area contributed by atoms with Gasteiger partial charge in [0.1, 0.15) is 0 Å². The highest BCUT2D eigenvalue weighted by Gasteiger charge is 2.41. The normalized spacial score (nSPS) is 21.5. The van der Waals surface area contributed by atoms with Gasteiger partial charge in [-0.2, -0.15) is 0 Å². The number of nitrogens with zero attached hydrogens (tertiary/aromatic N) is 1. The van der Waals surface area contributed by atoms with Gasteiger partial charge >= 0.3 is 0 Å². The zero-order chi connectivity index (χ0) is 13.6. The summed E-state index contributed by atoms with van der Waals surface area (Å²) in [5.74, 6) is 6.70. The predicted octanol–water partition coefficient (Wildman–Crippen LogP) is 2.91.